The second kappa shape index (κ2) is 6.31. The summed E-state index contributed by atoms with van der Waals surface area (Å²) in [4.78, 5) is 24.0. The molecule has 0 aliphatic heterocycles. The van der Waals surface area contributed by atoms with Crippen molar-refractivity contribution in [2.24, 2.45) is 0 Å². The van der Waals surface area contributed by atoms with Crippen LogP contribution in [0.4, 0.5) is 0 Å². The number of aliphatic carboxylic acids is 1. The monoisotopic (exact) mass is 339 g/mol. The fourth-order valence-corrected chi connectivity index (χ4v) is 4.02. The number of aryl methyl sites for hydroxylation is 1. The quantitative estimate of drug-likeness (QED) is 0.851. The molecule has 1 aliphatic carbocycles. The number of amides is 1. The van der Waals surface area contributed by atoms with Gasteiger partial charge in [-0.2, -0.15) is 0 Å². The third-order valence-electron chi connectivity index (χ3n) is 4.33. The molecule has 7 heteroatoms. The first-order valence-corrected chi connectivity index (χ1v) is 9.47. The fraction of sp³-hybridized carbons (Fsp3) is 0.500. The van der Waals surface area contributed by atoms with E-state index in [1.807, 2.05) is 6.92 Å². The average Bonchev–Trinajstić information content (AvgIpc) is 2.95. The molecule has 1 amide bonds. The van der Waals surface area contributed by atoms with E-state index in [1.54, 1.807) is 6.07 Å². The number of benzene rings is 1. The Morgan fingerprint density at radius 1 is 1.26 bits per heavy atom. The number of hydrogen-bond acceptors (Lipinski definition) is 4. The summed E-state index contributed by atoms with van der Waals surface area (Å²) in [5.41, 5.74) is -0.445. The Hall–Kier alpha value is -1.89. The summed E-state index contributed by atoms with van der Waals surface area (Å²) in [5.74, 6) is -1.60. The van der Waals surface area contributed by atoms with Gasteiger partial charge in [-0.3, -0.25) is 4.79 Å². The molecule has 0 aromatic heterocycles. The second-order valence-corrected chi connectivity index (χ2v) is 7.98. The molecule has 0 radical (unpaired) electrons. The average molecular weight is 339 g/mol. The van der Waals surface area contributed by atoms with Crippen molar-refractivity contribution in [2.45, 2.75) is 49.5 Å². The van der Waals surface area contributed by atoms with Crippen molar-refractivity contribution < 1.29 is 23.1 Å². The van der Waals surface area contributed by atoms with Crippen LogP contribution in [-0.2, 0) is 21.1 Å². The summed E-state index contributed by atoms with van der Waals surface area (Å²) >= 11 is 0. The van der Waals surface area contributed by atoms with Crippen molar-refractivity contribution in [1.29, 1.82) is 0 Å². The largest absolute Gasteiger partial charge is 0.480 e. The van der Waals surface area contributed by atoms with Crippen molar-refractivity contribution in [2.75, 3.05) is 6.26 Å². The van der Waals surface area contributed by atoms with Gasteiger partial charge in [-0.1, -0.05) is 25.8 Å². The summed E-state index contributed by atoms with van der Waals surface area (Å²) in [6.45, 7) is 1.84. The molecule has 2 rings (SSSR count). The maximum Gasteiger partial charge on any atom is 0.329 e. The smallest absolute Gasteiger partial charge is 0.329 e. The van der Waals surface area contributed by atoms with Crippen LogP contribution in [0, 0.1) is 0 Å². The first-order chi connectivity index (χ1) is 10.7. The highest BCUT2D eigenvalue weighted by Gasteiger charge is 2.42. The van der Waals surface area contributed by atoms with Crippen LogP contribution in [0.25, 0.3) is 0 Å². The lowest BCUT2D eigenvalue weighted by atomic mass is 9.97. The van der Waals surface area contributed by atoms with E-state index in [0.717, 1.165) is 19.1 Å². The molecule has 0 heterocycles. The first-order valence-electron chi connectivity index (χ1n) is 7.58. The molecule has 0 bridgehead atoms. The molecule has 1 aromatic rings. The molecule has 2 N–H and O–H groups in total. The van der Waals surface area contributed by atoms with Crippen LogP contribution in [0.2, 0.25) is 0 Å². The molecule has 0 saturated heterocycles. The predicted molar refractivity (Wildman–Crippen MR) is 85.2 cm³/mol. The summed E-state index contributed by atoms with van der Waals surface area (Å²) in [6, 6.07) is 4.47. The Labute approximate surface area is 135 Å². The van der Waals surface area contributed by atoms with E-state index in [9.17, 15) is 23.1 Å². The molecule has 1 aliphatic rings. The normalized spacial score (nSPS) is 17.0. The number of carboxylic acids is 1. The lowest BCUT2D eigenvalue weighted by Crippen LogP contribution is -2.52. The third kappa shape index (κ3) is 3.55. The van der Waals surface area contributed by atoms with Gasteiger partial charge in [-0.25, -0.2) is 13.2 Å². The highest BCUT2D eigenvalue weighted by Crippen LogP contribution is 2.30. The molecule has 1 aromatic carbocycles. The minimum atomic E-state index is -3.46. The molecule has 0 atom stereocenters. The number of carboxylic acid groups (broad SMARTS) is 1. The van der Waals surface area contributed by atoms with Crippen LogP contribution >= 0.6 is 0 Å². The Balaban J connectivity index is 2.35. The summed E-state index contributed by atoms with van der Waals surface area (Å²) in [5, 5.41) is 12.0. The van der Waals surface area contributed by atoms with Gasteiger partial charge in [0.05, 0.1) is 4.90 Å². The Kier molecular flexibility index (Phi) is 4.79. The van der Waals surface area contributed by atoms with E-state index in [4.69, 9.17) is 0 Å². The van der Waals surface area contributed by atoms with E-state index in [2.05, 4.69) is 5.32 Å². The van der Waals surface area contributed by atoms with Gasteiger partial charge in [-0.15, -0.1) is 0 Å². The van der Waals surface area contributed by atoms with Crippen LogP contribution < -0.4 is 5.32 Å². The van der Waals surface area contributed by atoms with Gasteiger partial charge in [0, 0.05) is 11.8 Å². The minimum absolute atomic E-state index is 0.114. The molecule has 1 fully saturated rings. The molecule has 23 heavy (non-hydrogen) atoms. The molecule has 6 nitrogen and oxygen atoms in total. The Bertz CT molecular complexity index is 733. The number of hydrogen-bond donors (Lipinski definition) is 2. The van der Waals surface area contributed by atoms with Gasteiger partial charge in [0.2, 0.25) is 0 Å². The van der Waals surface area contributed by atoms with E-state index in [-0.39, 0.29) is 10.5 Å². The van der Waals surface area contributed by atoms with Crippen molar-refractivity contribution in [1.82, 2.24) is 5.32 Å². The van der Waals surface area contributed by atoms with Crippen molar-refractivity contribution in [3.05, 3.63) is 29.3 Å². The van der Waals surface area contributed by atoms with E-state index in [1.165, 1.54) is 12.1 Å². The lowest BCUT2D eigenvalue weighted by molar-refractivity contribution is -0.144. The van der Waals surface area contributed by atoms with E-state index in [0.29, 0.717) is 24.8 Å². The summed E-state index contributed by atoms with van der Waals surface area (Å²) in [6.07, 6.45) is 3.90. The lowest BCUT2D eigenvalue weighted by Gasteiger charge is -2.25. The Morgan fingerprint density at radius 3 is 2.35 bits per heavy atom. The van der Waals surface area contributed by atoms with Crippen LogP contribution in [0.3, 0.4) is 0 Å². The number of sulfone groups is 1. The predicted octanol–water partition coefficient (Wildman–Crippen LogP) is 1.78. The minimum Gasteiger partial charge on any atom is -0.480 e. The highest BCUT2D eigenvalue weighted by atomic mass is 32.2. The van der Waals surface area contributed by atoms with Crippen molar-refractivity contribution in [3.63, 3.8) is 0 Å². The molecule has 0 unspecified atom stereocenters. The van der Waals surface area contributed by atoms with Gasteiger partial charge >= 0.3 is 5.97 Å². The summed E-state index contributed by atoms with van der Waals surface area (Å²) in [7, 11) is -3.46. The van der Waals surface area contributed by atoms with E-state index < -0.39 is 27.3 Å². The van der Waals surface area contributed by atoms with E-state index >= 15 is 0 Å². The topological polar surface area (TPSA) is 101 Å². The van der Waals surface area contributed by atoms with Crippen LogP contribution in [0.15, 0.2) is 23.1 Å². The standard InChI is InChI=1S/C16H21NO5S/c1-3-11-6-7-12(10-13(11)23(2,21)22)14(18)17-16(15(19)20)8-4-5-9-16/h6-7,10H,3-5,8-9H2,1-2H3,(H,17,18)(H,19,20). The maximum atomic E-state index is 12.4. The zero-order valence-corrected chi connectivity index (χ0v) is 14.1. The number of nitrogens with one attached hydrogen (secondary N) is 1. The van der Waals surface area contributed by atoms with Crippen molar-refractivity contribution >= 4 is 21.7 Å². The zero-order valence-electron chi connectivity index (χ0n) is 13.3. The molecule has 1 saturated carbocycles. The third-order valence-corrected chi connectivity index (χ3v) is 5.51. The van der Waals surface area contributed by atoms with Gasteiger partial charge in [0.15, 0.2) is 9.84 Å². The van der Waals surface area contributed by atoms with Crippen LogP contribution in [0.1, 0.15) is 48.5 Å². The van der Waals surface area contributed by atoms with Gasteiger partial charge in [-0.05, 0) is 37.0 Å². The second-order valence-electron chi connectivity index (χ2n) is 6.00. The van der Waals surface area contributed by atoms with Gasteiger partial charge in [0.25, 0.3) is 5.91 Å². The molecular formula is C16H21NO5S. The highest BCUT2D eigenvalue weighted by molar-refractivity contribution is 7.90. The number of rotatable bonds is 5. The zero-order chi connectivity index (χ0) is 17.3. The van der Waals surface area contributed by atoms with Gasteiger partial charge < -0.3 is 10.4 Å². The van der Waals surface area contributed by atoms with Crippen molar-refractivity contribution in [3.8, 4) is 0 Å². The maximum absolute atomic E-state index is 12.4. The number of carbonyl (C=O) groups is 2. The van der Waals surface area contributed by atoms with Crippen LogP contribution in [-0.4, -0.2) is 37.2 Å². The van der Waals surface area contributed by atoms with Gasteiger partial charge in [0.1, 0.15) is 5.54 Å². The summed E-state index contributed by atoms with van der Waals surface area (Å²) < 4.78 is 23.8. The Morgan fingerprint density at radius 2 is 1.87 bits per heavy atom. The number of carbonyl (C=O) groups excluding carboxylic acids is 1. The fourth-order valence-electron chi connectivity index (χ4n) is 2.99. The molecule has 126 valence electrons. The first kappa shape index (κ1) is 17.5. The molecular weight excluding hydrogens is 318 g/mol. The van der Waals surface area contributed by atoms with Crippen LogP contribution in [0.5, 0.6) is 0 Å². The SMILES string of the molecule is CCc1ccc(C(=O)NC2(C(=O)O)CCCC2)cc1S(C)(=O)=O. The molecule has 0 spiro atoms.